The monoisotopic (exact) mass is 351 g/mol. The number of halogens is 1. The molecule has 2 heterocycles. The van der Waals surface area contributed by atoms with E-state index in [1.165, 1.54) is 0 Å². The van der Waals surface area contributed by atoms with E-state index in [2.05, 4.69) is 26.2 Å². The Labute approximate surface area is 132 Å². The van der Waals surface area contributed by atoms with Crippen molar-refractivity contribution in [3.63, 3.8) is 0 Å². The lowest BCUT2D eigenvalue weighted by molar-refractivity contribution is -0.155. The fourth-order valence-electron chi connectivity index (χ4n) is 2.79. The Balaban J connectivity index is 1.88. The number of amides is 2. The van der Waals surface area contributed by atoms with E-state index in [1.54, 1.807) is 24.9 Å². The number of carbonyl (C=O) groups excluding carboxylic acids is 2. The van der Waals surface area contributed by atoms with E-state index < -0.39 is 5.54 Å². The van der Waals surface area contributed by atoms with Crippen LogP contribution in [0.4, 0.5) is 0 Å². The van der Waals surface area contributed by atoms with Gasteiger partial charge in [-0.15, -0.1) is 0 Å². The molecule has 0 radical (unpaired) electrons. The van der Waals surface area contributed by atoms with Crippen molar-refractivity contribution >= 4 is 27.7 Å². The first-order valence-corrected chi connectivity index (χ1v) is 7.91. The van der Waals surface area contributed by atoms with Gasteiger partial charge in [-0.2, -0.15) is 0 Å². The van der Waals surface area contributed by atoms with Crippen molar-refractivity contribution < 1.29 is 9.59 Å². The molecule has 112 valence electrons. The molecule has 1 aliphatic heterocycles. The molecule has 1 atom stereocenters. The van der Waals surface area contributed by atoms with Gasteiger partial charge >= 0.3 is 0 Å². The van der Waals surface area contributed by atoms with Gasteiger partial charge in [0.05, 0.1) is 12.2 Å². The van der Waals surface area contributed by atoms with E-state index in [9.17, 15) is 9.59 Å². The zero-order valence-electron chi connectivity index (χ0n) is 12.1. The summed E-state index contributed by atoms with van der Waals surface area (Å²) in [5, 5.41) is 2.84. The molecule has 0 aromatic carbocycles. The van der Waals surface area contributed by atoms with Gasteiger partial charge in [0.15, 0.2) is 0 Å². The van der Waals surface area contributed by atoms with Gasteiger partial charge in [0.2, 0.25) is 11.8 Å². The van der Waals surface area contributed by atoms with E-state index in [1.807, 2.05) is 12.1 Å². The first-order valence-electron chi connectivity index (χ1n) is 7.12. The fraction of sp³-hybridized carbons (Fsp3) is 0.533. The maximum atomic E-state index is 12.7. The lowest BCUT2D eigenvalue weighted by Crippen LogP contribution is -2.68. The smallest absolute Gasteiger partial charge is 0.248 e. The fourth-order valence-corrected chi connectivity index (χ4v) is 3.02. The summed E-state index contributed by atoms with van der Waals surface area (Å²) in [4.78, 5) is 31.1. The van der Waals surface area contributed by atoms with Crippen molar-refractivity contribution in [1.29, 1.82) is 0 Å². The van der Waals surface area contributed by atoms with Crippen LogP contribution < -0.4 is 5.32 Å². The zero-order chi connectivity index (χ0) is 15.2. The van der Waals surface area contributed by atoms with E-state index in [-0.39, 0.29) is 17.9 Å². The highest BCUT2D eigenvalue weighted by Gasteiger charge is 2.50. The van der Waals surface area contributed by atoms with Crippen molar-refractivity contribution in [2.75, 3.05) is 0 Å². The van der Waals surface area contributed by atoms with Gasteiger partial charge in [0, 0.05) is 10.7 Å². The van der Waals surface area contributed by atoms with Crippen LogP contribution in [0, 0.1) is 5.92 Å². The minimum absolute atomic E-state index is 0.0382. The normalized spacial score (nSPS) is 24.9. The van der Waals surface area contributed by atoms with Crippen molar-refractivity contribution in [1.82, 2.24) is 15.2 Å². The summed E-state index contributed by atoms with van der Waals surface area (Å²) in [6.45, 7) is 3.88. The highest BCUT2D eigenvalue weighted by Crippen LogP contribution is 2.38. The van der Waals surface area contributed by atoms with Crippen molar-refractivity contribution in [2.24, 2.45) is 5.92 Å². The van der Waals surface area contributed by atoms with Crippen LogP contribution in [-0.4, -0.2) is 33.3 Å². The first-order chi connectivity index (χ1) is 9.88. The minimum atomic E-state index is -0.849. The third-order valence-corrected chi connectivity index (χ3v) is 4.49. The molecule has 3 rings (SSSR count). The second-order valence-electron chi connectivity index (χ2n) is 6.30. The molecule has 1 unspecified atom stereocenters. The zero-order valence-corrected chi connectivity index (χ0v) is 13.7. The number of hydrogen-bond acceptors (Lipinski definition) is 3. The molecule has 1 saturated heterocycles. The third kappa shape index (κ3) is 2.81. The quantitative estimate of drug-likeness (QED) is 0.903. The molecule has 2 aliphatic rings. The number of rotatable bonds is 3. The number of nitrogens with zero attached hydrogens (tertiary/aromatic N) is 2. The van der Waals surface area contributed by atoms with Crippen LogP contribution in [-0.2, 0) is 16.1 Å². The highest BCUT2D eigenvalue weighted by atomic mass is 79.9. The van der Waals surface area contributed by atoms with E-state index in [0.29, 0.717) is 12.5 Å². The molecule has 5 nitrogen and oxygen atoms in total. The average molecular weight is 352 g/mol. The summed E-state index contributed by atoms with van der Waals surface area (Å²) in [5.74, 6) is 0.212. The van der Waals surface area contributed by atoms with Gasteiger partial charge in [-0.25, -0.2) is 0 Å². The Bertz CT molecular complexity index is 581. The largest absolute Gasteiger partial charge is 0.340 e. The third-order valence-electron chi connectivity index (χ3n) is 4.03. The maximum absolute atomic E-state index is 12.7. The molecule has 1 N–H and O–H groups in total. The number of pyridine rings is 1. The average Bonchev–Trinajstić information content (AvgIpc) is 3.22. The van der Waals surface area contributed by atoms with E-state index in [0.717, 1.165) is 23.0 Å². The Hall–Kier alpha value is -1.43. The maximum Gasteiger partial charge on any atom is 0.248 e. The molecule has 1 aromatic rings. The Morgan fingerprint density at radius 1 is 1.38 bits per heavy atom. The molecule has 1 aliphatic carbocycles. The summed E-state index contributed by atoms with van der Waals surface area (Å²) in [6.07, 6.45) is 3.73. The number of nitrogens with one attached hydrogen (secondary N) is 1. The Morgan fingerprint density at radius 3 is 2.67 bits per heavy atom. The molecule has 2 fully saturated rings. The first kappa shape index (κ1) is 14.5. The van der Waals surface area contributed by atoms with Gasteiger partial charge in [-0.1, -0.05) is 0 Å². The molecule has 0 spiro atoms. The van der Waals surface area contributed by atoms with Crippen LogP contribution in [0.25, 0.3) is 0 Å². The summed E-state index contributed by atoms with van der Waals surface area (Å²) in [7, 11) is 0. The number of aromatic nitrogens is 1. The number of piperazine rings is 1. The minimum Gasteiger partial charge on any atom is -0.340 e. The van der Waals surface area contributed by atoms with Crippen LogP contribution >= 0.6 is 15.9 Å². The number of carbonyl (C=O) groups is 2. The van der Waals surface area contributed by atoms with Crippen LogP contribution in [0.1, 0.15) is 32.4 Å². The molecule has 1 saturated carbocycles. The van der Waals surface area contributed by atoms with E-state index in [4.69, 9.17) is 0 Å². The Morgan fingerprint density at radius 2 is 2.10 bits per heavy atom. The molecule has 6 heteroatoms. The van der Waals surface area contributed by atoms with Gasteiger partial charge in [0.25, 0.3) is 0 Å². The second kappa shape index (κ2) is 5.09. The molecule has 21 heavy (non-hydrogen) atoms. The number of hydrogen-bond donors (Lipinski definition) is 1. The Kier molecular flexibility index (Phi) is 3.51. The molecular weight excluding hydrogens is 334 g/mol. The standard InChI is InChI=1S/C15H18BrN3O2/c1-15(2)14(21)19(8-11-6-5-10(16)7-17-11)12(9-3-4-9)13(20)18-15/h5-7,9,12H,3-4,8H2,1-2H3,(H,18,20). The molecular formula is C15H18BrN3O2. The predicted octanol–water partition coefficient (Wildman–Crippen LogP) is 1.86. The summed E-state index contributed by atoms with van der Waals surface area (Å²) < 4.78 is 0.896. The van der Waals surface area contributed by atoms with Crippen molar-refractivity contribution in [2.45, 2.75) is 44.8 Å². The molecule has 2 amide bonds. The van der Waals surface area contributed by atoms with Gasteiger partial charge in [-0.05, 0) is 60.7 Å². The predicted molar refractivity (Wildman–Crippen MR) is 81.2 cm³/mol. The second-order valence-corrected chi connectivity index (χ2v) is 7.21. The topological polar surface area (TPSA) is 62.3 Å². The van der Waals surface area contributed by atoms with Crippen molar-refractivity contribution in [3.8, 4) is 0 Å². The molecule has 0 bridgehead atoms. The summed E-state index contributed by atoms with van der Waals surface area (Å²) >= 11 is 3.35. The van der Waals surface area contributed by atoms with Crippen LogP contribution in [0.2, 0.25) is 0 Å². The van der Waals surface area contributed by atoms with E-state index >= 15 is 0 Å². The summed E-state index contributed by atoms with van der Waals surface area (Å²) in [5.41, 5.74) is -0.0552. The van der Waals surface area contributed by atoms with Crippen LogP contribution in [0.5, 0.6) is 0 Å². The van der Waals surface area contributed by atoms with Gasteiger partial charge in [0.1, 0.15) is 11.6 Å². The molecule has 1 aromatic heterocycles. The lowest BCUT2D eigenvalue weighted by Gasteiger charge is -2.43. The lowest BCUT2D eigenvalue weighted by atomic mass is 9.94. The van der Waals surface area contributed by atoms with Gasteiger partial charge < -0.3 is 10.2 Å². The van der Waals surface area contributed by atoms with Crippen molar-refractivity contribution in [3.05, 3.63) is 28.5 Å². The van der Waals surface area contributed by atoms with Crippen LogP contribution in [0.15, 0.2) is 22.8 Å². The van der Waals surface area contributed by atoms with Crippen LogP contribution in [0.3, 0.4) is 0 Å². The SMILES string of the molecule is CC1(C)NC(=O)C(C2CC2)N(Cc2ccc(Br)cn2)C1=O. The highest BCUT2D eigenvalue weighted by molar-refractivity contribution is 9.10. The van der Waals surface area contributed by atoms with Gasteiger partial charge in [-0.3, -0.25) is 14.6 Å². The summed E-state index contributed by atoms with van der Waals surface area (Å²) in [6, 6.07) is 3.42.